The largest absolute Gasteiger partial charge is 0.416 e. The quantitative estimate of drug-likeness (QED) is 0.510. The smallest absolute Gasteiger partial charge is 0.169 e. The van der Waals surface area contributed by atoms with Crippen LogP contribution in [0.2, 0.25) is 12.1 Å². The van der Waals surface area contributed by atoms with Crippen molar-refractivity contribution in [1.82, 2.24) is 0 Å². The second-order valence-corrected chi connectivity index (χ2v) is 8.05. The number of rotatable bonds is 1. The number of halogens is 4. The van der Waals surface area contributed by atoms with Crippen LogP contribution in [0.4, 0.5) is 13.2 Å². The Hall–Kier alpha value is -0.483. The minimum Gasteiger partial charge on any atom is -0.169 e. The number of benzene rings is 1. The monoisotopic (exact) mass is 277 g/mol. The zero-order valence-corrected chi connectivity index (χ0v) is 11.0. The average molecular weight is 278 g/mol. The SMILES string of the molecule is FC(F)(F)c1ccc(C2CC[Si](Cl)CC2)cc1. The summed E-state index contributed by atoms with van der Waals surface area (Å²) in [6.07, 6.45) is -2.20. The summed E-state index contributed by atoms with van der Waals surface area (Å²) in [7, 11) is -0.671. The molecule has 0 atom stereocenters. The van der Waals surface area contributed by atoms with Gasteiger partial charge in [0.05, 0.1) is 5.56 Å². The molecule has 17 heavy (non-hydrogen) atoms. The van der Waals surface area contributed by atoms with Crippen LogP contribution in [0, 0.1) is 0 Å². The molecular formula is C12H13ClF3Si. The van der Waals surface area contributed by atoms with E-state index in [1.54, 1.807) is 12.1 Å². The summed E-state index contributed by atoms with van der Waals surface area (Å²) in [5.74, 6) is 0.393. The molecule has 1 aromatic rings. The molecule has 1 aliphatic rings. The van der Waals surface area contributed by atoms with Gasteiger partial charge in [-0.2, -0.15) is 24.3 Å². The van der Waals surface area contributed by atoms with E-state index in [1.807, 2.05) is 0 Å². The van der Waals surface area contributed by atoms with Gasteiger partial charge in [-0.1, -0.05) is 12.1 Å². The lowest BCUT2D eigenvalue weighted by molar-refractivity contribution is -0.137. The van der Waals surface area contributed by atoms with E-state index in [2.05, 4.69) is 0 Å². The van der Waals surface area contributed by atoms with Gasteiger partial charge in [-0.15, -0.1) is 0 Å². The van der Waals surface area contributed by atoms with Gasteiger partial charge >= 0.3 is 6.18 Å². The maximum Gasteiger partial charge on any atom is 0.416 e. The lowest BCUT2D eigenvalue weighted by Gasteiger charge is -2.24. The predicted molar refractivity (Wildman–Crippen MR) is 64.6 cm³/mol. The van der Waals surface area contributed by atoms with Crippen molar-refractivity contribution in [3.8, 4) is 0 Å². The van der Waals surface area contributed by atoms with E-state index in [-0.39, 0.29) is 0 Å². The summed E-state index contributed by atoms with van der Waals surface area (Å²) < 4.78 is 37.2. The molecule has 0 nitrogen and oxygen atoms in total. The zero-order valence-electron chi connectivity index (χ0n) is 9.23. The molecule has 0 amide bonds. The van der Waals surface area contributed by atoms with Gasteiger partial charge in [0, 0.05) is 0 Å². The molecule has 0 aliphatic carbocycles. The summed E-state index contributed by atoms with van der Waals surface area (Å²) in [6.45, 7) is 0. The van der Waals surface area contributed by atoms with Crippen LogP contribution in [0.5, 0.6) is 0 Å². The van der Waals surface area contributed by atoms with Crippen molar-refractivity contribution >= 4 is 19.2 Å². The molecule has 0 aromatic heterocycles. The fourth-order valence-electron chi connectivity index (χ4n) is 2.21. The molecule has 1 aromatic carbocycles. The Bertz CT molecular complexity index is 366. The third kappa shape index (κ3) is 3.25. The van der Waals surface area contributed by atoms with Crippen LogP contribution in [0.3, 0.4) is 0 Å². The predicted octanol–water partition coefficient (Wildman–Crippen LogP) is 4.81. The maximum atomic E-state index is 12.4. The van der Waals surface area contributed by atoms with E-state index in [0.717, 1.165) is 30.5 Å². The number of alkyl halides is 3. The van der Waals surface area contributed by atoms with Gasteiger partial charge in [-0.25, -0.2) is 0 Å². The van der Waals surface area contributed by atoms with Crippen molar-refractivity contribution in [3.63, 3.8) is 0 Å². The highest BCUT2D eigenvalue weighted by Crippen LogP contribution is 2.36. The minimum atomic E-state index is -4.24. The Kier molecular flexibility index (Phi) is 3.83. The number of hydrogen-bond donors (Lipinski definition) is 0. The average Bonchev–Trinajstić information content (AvgIpc) is 2.29. The third-order valence-corrected chi connectivity index (χ3v) is 6.03. The van der Waals surface area contributed by atoms with Crippen molar-refractivity contribution < 1.29 is 13.2 Å². The van der Waals surface area contributed by atoms with E-state index in [0.29, 0.717) is 5.92 Å². The molecule has 1 fully saturated rings. The molecule has 0 saturated carbocycles. The molecule has 5 heteroatoms. The Morgan fingerprint density at radius 1 is 1.06 bits per heavy atom. The van der Waals surface area contributed by atoms with E-state index >= 15 is 0 Å². The summed E-state index contributed by atoms with van der Waals surface area (Å²) in [4.78, 5) is 0. The van der Waals surface area contributed by atoms with E-state index < -0.39 is 19.8 Å². The molecular weight excluding hydrogens is 265 g/mol. The maximum absolute atomic E-state index is 12.4. The molecule has 1 aliphatic heterocycles. The molecule has 0 spiro atoms. The van der Waals surface area contributed by atoms with Gasteiger partial charge in [0.1, 0.15) is 0 Å². The van der Waals surface area contributed by atoms with Crippen LogP contribution >= 0.6 is 11.1 Å². The zero-order chi connectivity index (χ0) is 12.5. The van der Waals surface area contributed by atoms with Gasteiger partial charge in [0.15, 0.2) is 8.11 Å². The van der Waals surface area contributed by atoms with Gasteiger partial charge in [0.2, 0.25) is 0 Å². The molecule has 2 rings (SSSR count). The standard InChI is InChI=1S/C12H13ClF3Si/c13-17-7-5-10(6-8-17)9-1-3-11(4-2-9)12(14,15)16/h1-4,10H,5-8H2. The summed E-state index contributed by atoms with van der Waals surface area (Å²) >= 11 is 6.11. The molecule has 1 radical (unpaired) electrons. The van der Waals surface area contributed by atoms with Gasteiger partial charge in [0.25, 0.3) is 0 Å². The fourth-order valence-corrected chi connectivity index (χ4v) is 4.44. The van der Waals surface area contributed by atoms with Gasteiger partial charge in [-0.3, -0.25) is 0 Å². The first kappa shape index (κ1) is 13.0. The molecule has 93 valence electrons. The Labute approximate surface area is 105 Å². The van der Waals surface area contributed by atoms with Crippen LogP contribution in [0.1, 0.15) is 29.9 Å². The minimum absolute atomic E-state index is 0.393. The normalized spacial score (nSPS) is 19.5. The van der Waals surface area contributed by atoms with Crippen LogP contribution in [0.15, 0.2) is 24.3 Å². The van der Waals surface area contributed by atoms with E-state index in [4.69, 9.17) is 11.1 Å². The molecule has 0 bridgehead atoms. The first-order valence-corrected chi connectivity index (χ1v) is 8.57. The Balaban J connectivity index is 2.08. The lowest BCUT2D eigenvalue weighted by atomic mass is 9.93. The topological polar surface area (TPSA) is 0 Å². The van der Waals surface area contributed by atoms with Crippen molar-refractivity contribution in [2.45, 2.75) is 37.0 Å². The molecule has 0 N–H and O–H groups in total. The van der Waals surface area contributed by atoms with E-state index in [1.165, 1.54) is 12.1 Å². The van der Waals surface area contributed by atoms with Crippen LogP contribution in [0.25, 0.3) is 0 Å². The Morgan fingerprint density at radius 2 is 1.59 bits per heavy atom. The van der Waals surface area contributed by atoms with Crippen molar-refractivity contribution in [2.75, 3.05) is 0 Å². The first-order valence-electron chi connectivity index (χ1n) is 5.64. The van der Waals surface area contributed by atoms with Crippen LogP contribution in [-0.2, 0) is 6.18 Å². The van der Waals surface area contributed by atoms with E-state index in [9.17, 15) is 13.2 Å². The highest BCUT2D eigenvalue weighted by Gasteiger charge is 2.30. The highest BCUT2D eigenvalue weighted by atomic mass is 35.6. The molecule has 0 unspecified atom stereocenters. The number of hydrogen-bond acceptors (Lipinski definition) is 0. The van der Waals surface area contributed by atoms with Crippen LogP contribution in [-0.4, -0.2) is 8.11 Å². The van der Waals surface area contributed by atoms with Gasteiger partial charge < -0.3 is 0 Å². The Morgan fingerprint density at radius 3 is 2.06 bits per heavy atom. The molecule has 1 saturated heterocycles. The summed E-state index contributed by atoms with van der Waals surface area (Å²) in [5, 5.41) is 0. The second kappa shape index (κ2) is 5.02. The van der Waals surface area contributed by atoms with Crippen LogP contribution < -0.4 is 0 Å². The first-order chi connectivity index (χ1) is 7.97. The fraction of sp³-hybridized carbons (Fsp3) is 0.500. The van der Waals surface area contributed by atoms with Crippen molar-refractivity contribution in [2.24, 2.45) is 0 Å². The van der Waals surface area contributed by atoms with Crippen molar-refractivity contribution in [3.05, 3.63) is 35.4 Å². The highest BCUT2D eigenvalue weighted by molar-refractivity contribution is 7.07. The lowest BCUT2D eigenvalue weighted by Crippen LogP contribution is -2.15. The molecule has 1 heterocycles. The second-order valence-electron chi connectivity index (χ2n) is 4.41. The van der Waals surface area contributed by atoms with Gasteiger partial charge in [-0.05, 0) is 48.5 Å². The van der Waals surface area contributed by atoms with Crippen molar-refractivity contribution in [1.29, 1.82) is 0 Å². The third-order valence-electron chi connectivity index (χ3n) is 3.24. The summed E-state index contributed by atoms with van der Waals surface area (Å²) in [6, 6.07) is 7.68. The summed E-state index contributed by atoms with van der Waals surface area (Å²) in [5.41, 5.74) is 0.448.